The lowest BCUT2D eigenvalue weighted by molar-refractivity contribution is -0.116. The molecule has 0 amide bonds. The molecule has 0 aliphatic rings. The molecule has 0 aliphatic heterocycles. The van der Waals surface area contributed by atoms with Gasteiger partial charge in [0.1, 0.15) is 6.10 Å². The molecule has 2 atom stereocenters. The molecule has 0 spiro atoms. The molecule has 0 aromatic rings. The van der Waals surface area contributed by atoms with E-state index >= 15 is 0 Å². The predicted molar refractivity (Wildman–Crippen MR) is 287 cm³/mol. The maximum absolute atomic E-state index is 6.70. The van der Waals surface area contributed by atoms with Crippen LogP contribution >= 0.6 is 0 Å². The first-order valence-electron chi connectivity index (χ1n) is 29.3. The standard InChI is InChI=1S/C59H117NO6/c1-4-7-10-13-16-19-22-24-26-28-30-32-35-38-41-44-48-64-57-59(65-49-45-42-39-36-33-31-29-27-25-23-20-17-14-11-8-5-2)58(46-43-40-37-34-21-18-15-12-9-6-3)66-56-55-63-54-53-62-52-51-61-50-47-60/h24-27,58-59H,4-23,28-57,60H2,1-3H3/b26-24-,27-25-. The quantitative estimate of drug-likeness (QED) is 0.0480. The first-order valence-corrected chi connectivity index (χ1v) is 29.3. The summed E-state index contributed by atoms with van der Waals surface area (Å²) in [6.07, 6.45) is 61.0. The van der Waals surface area contributed by atoms with E-state index in [0.29, 0.717) is 59.4 Å². The molecule has 2 unspecified atom stereocenters. The molecule has 0 aromatic carbocycles. The minimum absolute atomic E-state index is 0.0209. The number of rotatable bonds is 59. The summed E-state index contributed by atoms with van der Waals surface area (Å²) in [4.78, 5) is 0. The number of unbranched alkanes of at least 4 members (excludes halogenated alkanes) is 33. The lowest BCUT2D eigenvalue weighted by Crippen LogP contribution is -2.37. The van der Waals surface area contributed by atoms with Crippen molar-refractivity contribution in [2.75, 3.05) is 72.6 Å². The van der Waals surface area contributed by atoms with Crippen LogP contribution in [0.25, 0.3) is 0 Å². The van der Waals surface area contributed by atoms with Crippen LogP contribution in [0.3, 0.4) is 0 Å². The first-order chi connectivity index (χ1) is 32.8. The molecule has 0 heterocycles. The van der Waals surface area contributed by atoms with Crippen molar-refractivity contribution in [2.45, 2.75) is 283 Å². The minimum Gasteiger partial charge on any atom is -0.379 e. The molecular formula is C59H117NO6. The van der Waals surface area contributed by atoms with Crippen molar-refractivity contribution in [1.82, 2.24) is 0 Å². The molecule has 0 saturated heterocycles. The average molecular weight is 937 g/mol. The SMILES string of the molecule is CCCCCCCC/C=C\CCCCCCCCOCC(OCCCCCCCC/C=C\CCCCCCCC)C(CCCCCCCCCCCC)OCCOCCOCCOCCN. The molecule has 0 saturated carbocycles. The molecule has 0 aliphatic carbocycles. The van der Waals surface area contributed by atoms with Gasteiger partial charge in [-0.15, -0.1) is 0 Å². The molecular weight excluding hydrogens is 819 g/mol. The van der Waals surface area contributed by atoms with Gasteiger partial charge < -0.3 is 34.2 Å². The lowest BCUT2D eigenvalue weighted by Gasteiger charge is -2.28. The van der Waals surface area contributed by atoms with E-state index in [-0.39, 0.29) is 12.2 Å². The van der Waals surface area contributed by atoms with E-state index in [0.717, 1.165) is 32.5 Å². The molecule has 2 N–H and O–H groups in total. The molecule has 394 valence electrons. The van der Waals surface area contributed by atoms with E-state index in [2.05, 4.69) is 45.1 Å². The highest BCUT2D eigenvalue weighted by Crippen LogP contribution is 2.19. The highest BCUT2D eigenvalue weighted by Gasteiger charge is 2.23. The summed E-state index contributed by atoms with van der Waals surface area (Å²) in [6.45, 7) is 13.6. The minimum atomic E-state index is -0.0438. The van der Waals surface area contributed by atoms with Crippen molar-refractivity contribution in [3.63, 3.8) is 0 Å². The van der Waals surface area contributed by atoms with Crippen molar-refractivity contribution in [3.05, 3.63) is 24.3 Å². The van der Waals surface area contributed by atoms with Crippen molar-refractivity contribution in [3.8, 4) is 0 Å². The molecule has 66 heavy (non-hydrogen) atoms. The van der Waals surface area contributed by atoms with Gasteiger partial charge in [-0.05, 0) is 70.6 Å². The Kier molecular flexibility index (Phi) is 59.6. The number of nitrogens with two attached hydrogens (primary N) is 1. The molecule has 7 heteroatoms. The normalized spacial score (nSPS) is 13.0. The van der Waals surface area contributed by atoms with Gasteiger partial charge in [0.25, 0.3) is 0 Å². The summed E-state index contributed by atoms with van der Waals surface area (Å²) in [5.41, 5.74) is 5.49. The smallest absolute Gasteiger partial charge is 0.107 e. The highest BCUT2D eigenvalue weighted by atomic mass is 16.6. The predicted octanol–water partition coefficient (Wildman–Crippen LogP) is 17.2. The van der Waals surface area contributed by atoms with Crippen LogP contribution in [0.2, 0.25) is 0 Å². The second kappa shape index (κ2) is 60.3. The second-order valence-corrected chi connectivity index (χ2v) is 19.4. The Morgan fingerprint density at radius 2 is 0.606 bits per heavy atom. The largest absolute Gasteiger partial charge is 0.379 e. The summed E-state index contributed by atoms with van der Waals surface area (Å²) >= 11 is 0. The van der Waals surface area contributed by atoms with E-state index in [4.69, 9.17) is 34.2 Å². The van der Waals surface area contributed by atoms with Crippen LogP contribution in [0.1, 0.15) is 271 Å². The van der Waals surface area contributed by atoms with Gasteiger partial charge in [-0.3, -0.25) is 0 Å². The summed E-state index contributed by atoms with van der Waals surface area (Å²) in [6, 6.07) is 0. The van der Waals surface area contributed by atoms with Gasteiger partial charge in [-0.2, -0.15) is 0 Å². The maximum Gasteiger partial charge on any atom is 0.107 e. The van der Waals surface area contributed by atoms with E-state index in [1.165, 1.54) is 231 Å². The lowest BCUT2D eigenvalue weighted by atomic mass is 10.0. The van der Waals surface area contributed by atoms with Crippen molar-refractivity contribution in [1.29, 1.82) is 0 Å². The molecule has 0 rings (SSSR count). The van der Waals surface area contributed by atoms with Crippen LogP contribution in [0.15, 0.2) is 24.3 Å². The van der Waals surface area contributed by atoms with Gasteiger partial charge in [0.15, 0.2) is 0 Å². The van der Waals surface area contributed by atoms with Crippen LogP contribution < -0.4 is 5.73 Å². The number of allylic oxidation sites excluding steroid dienone is 4. The summed E-state index contributed by atoms with van der Waals surface area (Å²) in [5.74, 6) is 0. The first kappa shape index (κ1) is 65.2. The fraction of sp³-hybridized carbons (Fsp3) is 0.932. The summed E-state index contributed by atoms with van der Waals surface area (Å²) < 4.78 is 36.7. The van der Waals surface area contributed by atoms with Gasteiger partial charge in [-0.25, -0.2) is 0 Å². The Labute approximate surface area is 413 Å². The Morgan fingerprint density at radius 3 is 1.02 bits per heavy atom. The van der Waals surface area contributed by atoms with Gasteiger partial charge >= 0.3 is 0 Å². The fourth-order valence-corrected chi connectivity index (χ4v) is 8.59. The van der Waals surface area contributed by atoms with E-state index in [1.807, 2.05) is 0 Å². The van der Waals surface area contributed by atoms with Crippen molar-refractivity contribution < 1.29 is 28.4 Å². The van der Waals surface area contributed by atoms with Gasteiger partial charge in [0.2, 0.25) is 0 Å². The molecule has 0 bridgehead atoms. The van der Waals surface area contributed by atoms with Crippen LogP contribution in [0.5, 0.6) is 0 Å². The highest BCUT2D eigenvalue weighted by molar-refractivity contribution is 4.82. The summed E-state index contributed by atoms with van der Waals surface area (Å²) in [5, 5.41) is 0. The van der Waals surface area contributed by atoms with Gasteiger partial charge in [0.05, 0.1) is 59.0 Å². The third-order valence-corrected chi connectivity index (χ3v) is 12.9. The van der Waals surface area contributed by atoms with Crippen LogP contribution in [0.4, 0.5) is 0 Å². The topological polar surface area (TPSA) is 81.4 Å². The maximum atomic E-state index is 6.70. The molecule has 0 aromatic heterocycles. The Balaban J connectivity index is 4.83. The third kappa shape index (κ3) is 54.1. The van der Waals surface area contributed by atoms with Crippen LogP contribution in [0, 0.1) is 0 Å². The second-order valence-electron chi connectivity index (χ2n) is 19.4. The van der Waals surface area contributed by atoms with E-state index in [9.17, 15) is 0 Å². The Bertz CT molecular complexity index is 917. The molecule has 0 fully saturated rings. The molecule has 0 radical (unpaired) electrons. The fourth-order valence-electron chi connectivity index (χ4n) is 8.59. The summed E-state index contributed by atoms with van der Waals surface area (Å²) in [7, 11) is 0. The zero-order valence-corrected chi connectivity index (χ0v) is 44.8. The third-order valence-electron chi connectivity index (χ3n) is 12.9. The zero-order valence-electron chi connectivity index (χ0n) is 44.8. The Morgan fingerprint density at radius 1 is 0.288 bits per heavy atom. The Hall–Kier alpha value is -0.800. The average Bonchev–Trinajstić information content (AvgIpc) is 3.33. The number of hydrogen-bond donors (Lipinski definition) is 1. The van der Waals surface area contributed by atoms with E-state index < -0.39 is 0 Å². The van der Waals surface area contributed by atoms with Crippen LogP contribution in [-0.2, 0) is 28.4 Å². The number of hydrogen-bond acceptors (Lipinski definition) is 7. The van der Waals surface area contributed by atoms with Crippen LogP contribution in [-0.4, -0.2) is 84.8 Å². The van der Waals surface area contributed by atoms with Gasteiger partial charge in [-0.1, -0.05) is 225 Å². The van der Waals surface area contributed by atoms with Gasteiger partial charge in [0, 0.05) is 19.8 Å². The number of ether oxygens (including phenoxy) is 6. The van der Waals surface area contributed by atoms with E-state index in [1.54, 1.807) is 0 Å². The monoisotopic (exact) mass is 936 g/mol. The van der Waals surface area contributed by atoms with Crippen molar-refractivity contribution in [2.24, 2.45) is 5.73 Å². The molecule has 7 nitrogen and oxygen atoms in total. The zero-order chi connectivity index (χ0) is 47.6. The van der Waals surface area contributed by atoms with Crippen molar-refractivity contribution >= 4 is 0 Å².